The van der Waals surface area contributed by atoms with Crippen molar-refractivity contribution in [3.63, 3.8) is 0 Å². The molecule has 1 aromatic carbocycles. The van der Waals surface area contributed by atoms with Gasteiger partial charge in [0.25, 0.3) is 0 Å². The molecule has 1 fully saturated rings. The zero-order chi connectivity index (χ0) is 13.7. The Morgan fingerprint density at radius 1 is 1.42 bits per heavy atom. The van der Waals surface area contributed by atoms with Gasteiger partial charge in [-0.3, -0.25) is 9.59 Å². The molecule has 19 heavy (non-hydrogen) atoms. The zero-order valence-electron chi connectivity index (χ0n) is 10.6. The lowest BCUT2D eigenvalue weighted by atomic mass is 10.1. The molecule has 102 valence electrons. The largest absolute Gasteiger partial charge is 0.394 e. The van der Waals surface area contributed by atoms with Gasteiger partial charge in [-0.1, -0.05) is 30.3 Å². The summed E-state index contributed by atoms with van der Waals surface area (Å²) in [5.74, 6) is -0.315. The predicted molar refractivity (Wildman–Crippen MR) is 70.3 cm³/mol. The molecule has 2 rings (SSSR count). The highest BCUT2D eigenvalue weighted by Crippen LogP contribution is 2.08. The smallest absolute Gasteiger partial charge is 0.242 e. The minimum Gasteiger partial charge on any atom is -0.394 e. The van der Waals surface area contributed by atoms with E-state index in [0.29, 0.717) is 19.3 Å². The molecule has 5 nitrogen and oxygen atoms in total. The van der Waals surface area contributed by atoms with Crippen LogP contribution in [0.5, 0.6) is 0 Å². The molecule has 0 spiro atoms. The maximum Gasteiger partial charge on any atom is 0.242 e. The second-order valence-corrected chi connectivity index (χ2v) is 4.74. The van der Waals surface area contributed by atoms with E-state index in [1.807, 2.05) is 30.3 Å². The number of amides is 2. The first-order valence-electron chi connectivity index (χ1n) is 6.43. The van der Waals surface area contributed by atoms with Crippen LogP contribution in [-0.2, 0) is 16.0 Å². The molecular formula is C14H18N2O3. The van der Waals surface area contributed by atoms with E-state index in [2.05, 4.69) is 10.6 Å². The van der Waals surface area contributed by atoms with Crippen LogP contribution in [0.1, 0.15) is 18.4 Å². The van der Waals surface area contributed by atoms with Crippen LogP contribution in [-0.4, -0.2) is 35.6 Å². The van der Waals surface area contributed by atoms with E-state index >= 15 is 0 Å². The number of hydrogen-bond donors (Lipinski definition) is 3. The fraction of sp³-hybridized carbons (Fsp3) is 0.429. The van der Waals surface area contributed by atoms with Gasteiger partial charge >= 0.3 is 0 Å². The molecule has 1 aromatic rings. The zero-order valence-corrected chi connectivity index (χ0v) is 10.6. The van der Waals surface area contributed by atoms with Crippen LogP contribution in [0.4, 0.5) is 0 Å². The first-order valence-corrected chi connectivity index (χ1v) is 6.43. The number of rotatable bonds is 5. The fourth-order valence-electron chi connectivity index (χ4n) is 2.17. The van der Waals surface area contributed by atoms with Crippen molar-refractivity contribution < 1.29 is 14.7 Å². The van der Waals surface area contributed by atoms with Gasteiger partial charge in [0.15, 0.2) is 0 Å². The summed E-state index contributed by atoms with van der Waals surface area (Å²) in [6.07, 6.45) is 1.48. The molecular weight excluding hydrogens is 244 g/mol. The topological polar surface area (TPSA) is 78.4 Å². The number of carbonyl (C=O) groups excluding carboxylic acids is 2. The van der Waals surface area contributed by atoms with Crippen molar-refractivity contribution in [2.75, 3.05) is 6.61 Å². The molecule has 2 atom stereocenters. The predicted octanol–water partition coefficient (Wildman–Crippen LogP) is -0.0152. The highest BCUT2D eigenvalue weighted by Gasteiger charge is 2.28. The standard InChI is InChI=1S/C14H18N2O3/c17-9-11(8-10-4-2-1-3-5-10)15-14(19)12-6-7-13(18)16-12/h1-5,11-12,17H,6-9H2,(H,15,19)(H,16,18). The SMILES string of the molecule is O=C1CCC(C(=O)NC(CO)Cc2ccccc2)N1. The van der Waals surface area contributed by atoms with Crippen molar-refractivity contribution in [2.24, 2.45) is 0 Å². The van der Waals surface area contributed by atoms with Crippen molar-refractivity contribution in [3.8, 4) is 0 Å². The number of aliphatic hydroxyl groups excluding tert-OH is 1. The summed E-state index contributed by atoms with van der Waals surface area (Å²) in [5.41, 5.74) is 1.05. The Kier molecular flexibility index (Phi) is 4.52. The van der Waals surface area contributed by atoms with Crippen molar-refractivity contribution in [1.82, 2.24) is 10.6 Å². The Morgan fingerprint density at radius 2 is 2.16 bits per heavy atom. The average Bonchev–Trinajstić information content (AvgIpc) is 2.86. The van der Waals surface area contributed by atoms with E-state index in [1.165, 1.54) is 0 Å². The van der Waals surface area contributed by atoms with Gasteiger partial charge < -0.3 is 15.7 Å². The Balaban J connectivity index is 1.88. The molecule has 2 unspecified atom stereocenters. The van der Waals surface area contributed by atoms with Gasteiger partial charge in [-0.05, 0) is 18.4 Å². The van der Waals surface area contributed by atoms with E-state index in [4.69, 9.17) is 0 Å². The van der Waals surface area contributed by atoms with Crippen LogP contribution in [0.15, 0.2) is 30.3 Å². The molecule has 0 radical (unpaired) electrons. The maximum absolute atomic E-state index is 11.9. The van der Waals surface area contributed by atoms with Crippen LogP contribution < -0.4 is 10.6 Å². The Morgan fingerprint density at radius 3 is 2.74 bits per heavy atom. The summed E-state index contributed by atoms with van der Waals surface area (Å²) in [4.78, 5) is 23.0. The molecule has 0 aliphatic carbocycles. The third kappa shape index (κ3) is 3.79. The normalized spacial score (nSPS) is 19.8. The molecule has 3 N–H and O–H groups in total. The Labute approximate surface area is 112 Å². The molecule has 5 heteroatoms. The molecule has 1 heterocycles. The molecule has 0 bridgehead atoms. The number of nitrogens with one attached hydrogen (secondary N) is 2. The number of benzene rings is 1. The van der Waals surface area contributed by atoms with Gasteiger partial charge in [-0.2, -0.15) is 0 Å². The molecule has 1 aliphatic heterocycles. The van der Waals surface area contributed by atoms with E-state index in [-0.39, 0.29) is 24.5 Å². The van der Waals surface area contributed by atoms with Gasteiger partial charge in [0.2, 0.25) is 11.8 Å². The van der Waals surface area contributed by atoms with E-state index < -0.39 is 6.04 Å². The summed E-state index contributed by atoms with van der Waals surface area (Å²) in [7, 11) is 0. The summed E-state index contributed by atoms with van der Waals surface area (Å²) in [6.45, 7) is -0.124. The second-order valence-electron chi connectivity index (χ2n) is 4.74. The summed E-state index contributed by atoms with van der Waals surface area (Å²) in [5, 5.41) is 14.7. The van der Waals surface area contributed by atoms with E-state index in [9.17, 15) is 14.7 Å². The van der Waals surface area contributed by atoms with E-state index in [1.54, 1.807) is 0 Å². The first-order chi connectivity index (χ1) is 9.19. The van der Waals surface area contributed by atoms with Gasteiger partial charge in [-0.25, -0.2) is 0 Å². The van der Waals surface area contributed by atoms with Crippen LogP contribution in [0.3, 0.4) is 0 Å². The highest BCUT2D eigenvalue weighted by atomic mass is 16.3. The third-order valence-electron chi connectivity index (χ3n) is 3.20. The van der Waals surface area contributed by atoms with Crippen molar-refractivity contribution in [3.05, 3.63) is 35.9 Å². The Hall–Kier alpha value is -1.88. The van der Waals surface area contributed by atoms with Crippen molar-refractivity contribution in [2.45, 2.75) is 31.3 Å². The average molecular weight is 262 g/mol. The minimum atomic E-state index is -0.461. The minimum absolute atomic E-state index is 0.0937. The van der Waals surface area contributed by atoms with Gasteiger partial charge in [0.05, 0.1) is 12.6 Å². The van der Waals surface area contributed by atoms with Gasteiger partial charge in [0, 0.05) is 6.42 Å². The quantitative estimate of drug-likeness (QED) is 0.698. The molecule has 2 amide bonds. The lowest BCUT2D eigenvalue weighted by Gasteiger charge is -2.19. The summed E-state index contributed by atoms with van der Waals surface area (Å²) >= 11 is 0. The van der Waals surface area contributed by atoms with Crippen LogP contribution in [0.25, 0.3) is 0 Å². The van der Waals surface area contributed by atoms with Crippen LogP contribution in [0.2, 0.25) is 0 Å². The molecule has 0 aromatic heterocycles. The number of hydrogen-bond acceptors (Lipinski definition) is 3. The second kappa shape index (κ2) is 6.33. The summed E-state index contributed by atoms with van der Waals surface area (Å²) < 4.78 is 0. The Bertz CT molecular complexity index is 447. The molecule has 1 saturated heterocycles. The molecule has 0 saturated carbocycles. The maximum atomic E-state index is 11.9. The van der Waals surface area contributed by atoms with Gasteiger partial charge in [-0.15, -0.1) is 0 Å². The van der Waals surface area contributed by atoms with Crippen LogP contribution in [0, 0.1) is 0 Å². The monoisotopic (exact) mass is 262 g/mol. The van der Waals surface area contributed by atoms with Crippen molar-refractivity contribution >= 4 is 11.8 Å². The summed E-state index contributed by atoms with van der Waals surface area (Å²) in [6, 6.07) is 8.87. The van der Waals surface area contributed by atoms with E-state index in [0.717, 1.165) is 5.56 Å². The number of aliphatic hydroxyl groups is 1. The third-order valence-corrected chi connectivity index (χ3v) is 3.20. The fourth-order valence-corrected chi connectivity index (χ4v) is 2.17. The lowest BCUT2D eigenvalue weighted by molar-refractivity contribution is -0.126. The molecule has 1 aliphatic rings. The van der Waals surface area contributed by atoms with Crippen molar-refractivity contribution in [1.29, 1.82) is 0 Å². The highest BCUT2D eigenvalue weighted by molar-refractivity contribution is 5.90. The first kappa shape index (κ1) is 13.5. The van der Waals surface area contributed by atoms with Crippen LogP contribution >= 0.6 is 0 Å². The van der Waals surface area contributed by atoms with Gasteiger partial charge in [0.1, 0.15) is 6.04 Å². The number of carbonyl (C=O) groups is 2. The lowest BCUT2D eigenvalue weighted by Crippen LogP contribution is -2.47.